The maximum atomic E-state index is 5.82. The highest BCUT2D eigenvalue weighted by molar-refractivity contribution is 4.91. The van der Waals surface area contributed by atoms with Gasteiger partial charge in [0, 0.05) is 6.04 Å². The molecule has 0 saturated heterocycles. The Hall–Kier alpha value is -0.300. The molecule has 0 spiro atoms. The molecule has 1 nitrogen and oxygen atoms in total. The van der Waals surface area contributed by atoms with Gasteiger partial charge in [-0.15, -0.1) is 6.58 Å². The Morgan fingerprint density at radius 2 is 2.30 bits per heavy atom. The molecule has 1 rings (SSSR count). The minimum absolute atomic E-state index is 0.241. The van der Waals surface area contributed by atoms with Crippen molar-refractivity contribution in [2.24, 2.45) is 17.6 Å². The Morgan fingerprint density at radius 3 is 2.70 bits per heavy atom. The zero-order valence-corrected chi connectivity index (χ0v) is 6.72. The van der Waals surface area contributed by atoms with E-state index in [4.69, 9.17) is 5.73 Å². The van der Waals surface area contributed by atoms with Crippen LogP contribution >= 0.6 is 0 Å². The third-order valence-electron chi connectivity index (χ3n) is 2.55. The Balaban J connectivity index is 2.36. The van der Waals surface area contributed by atoms with E-state index in [1.807, 2.05) is 6.08 Å². The van der Waals surface area contributed by atoms with Crippen molar-refractivity contribution in [2.45, 2.75) is 32.2 Å². The van der Waals surface area contributed by atoms with Crippen LogP contribution in [0, 0.1) is 11.8 Å². The lowest BCUT2D eigenvalue weighted by Crippen LogP contribution is -2.25. The van der Waals surface area contributed by atoms with Crippen molar-refractivity contribution >= 4 is 0 Å². The van der Waals surface area contributed by atoms with E-state index < -0.39 is 0 Å². The van der Waals surface area contributed by atoms with Gasteiger partial charge in [-0.2, -0.15) is 0 Å². The Morgan fingerprint density at radius 1 is 1.60 bits per heavy atom. The number of hydrogen-bond donors (Lipinski definition) is 1. The van der Waals surface area contributed by atoms with Crippen LogP contribution in [-0.4, -0.2) is 6.04 Å². The normalized spacial score (nSPS) is 35.8. The molecule has 0 bridgehead atoms. The first-order chi connectivity index (χ1) is 4.74. The van der Waals surface area contributed by atoms with E-state index in [-0.39, 0.29) is 6.04 Å². The number of hydrogen-bond acceptors (Lipinski definition) is 1. The van der Waals surface area contributed by atoms with E-state index in [0.717, 1.165) is 5.92 Å². The molecule has 0 heterocycles. The van der Waals surface area contributed by atoms with E-state index in [1.165, 1.54) is 19.3 Å². The van der Waals surface area contributed by atoms with Gasteiger partial charge in [0.05, 0.1) is 0 Å². The summed E-state index contributed by atoms with van der Waals surface area (Å²) in [5.74, 6) is 1.60. The minimum Gasteiger partial charge on any atom is -0.324 e. The monoisotopic (exact) mass is 139 g/mol. The van der Waals surface area contributed by atoms with Crippen molar-refractivity contribution in [1.82, 2.24) is 0 Å². The van der Waals surface area contributed by atoms with Crippen LogP contribution in [-0.2, 0) is 0 Å². The van der Waals surface area contributed by atoms with E-state index in [2.05, 4.69) is 13.5 Å². The minimum atomic E-state index is 0.241. The average Bonchev–Trinajstić information content (AvgIpc) is 2.34. The number of rotatable bonds is 2. The second-order valence-electron chi connectivity index (χ2n) is 3.49. The molecule has 0 radical (unpaired) electrons. The highest BCUT2D eigenvalue weighted by atomic mass is 14.6. The maximum absolute atomic E-state index is 5.82. The van der Waals surface area contributed by atoms with Crippen molar-refractivity contribution in [3.63, 3.8) is 0 Å². The molecule has 10 heavy (non-hydrogen) atoms. The molecule has 0 aromatic carbocycles. The molecule has 2 N–H and O–H groups in total. The standard InChI is InChI=1S/C9H17N/c1-3-9(10)8-5-4-7(2)6-8/h3,7-9H,1,4-6,10H2,2H3. The molecular weight excluding hydrogens is 122 g/mol. The van der Waals surface area contributed by atoms with Gasteiger partial charge in [0.25, 0.3) is 0 Å². The predicted octanol–water partition coefficient (Wildman–Crippen LogP) is 1.94. The Labute approximate surface area is 63.3 Å². The molecule has 1 aliphatic carbocycles. The van der Waals surface area contributed by atoms with Crippen LogP contribution in [0.5, 0.6) is 0 Å². The van der Waals surface area contributed by atoms with Crippen LogP contribution in [0.3, 0.4) is 0 Å². The number of nitrogens with two attached hydrogens (primary N) is 1. The van der Waals surface area contributed by atoms with Crippen molar-refractivity contribution in [3.8, 4) is 0 Å². The fourth-order valence-corrected chi connectivity index (χ4v) is 1.79. The fraction of sp³-hybridized carbons (Fsp3) is 0.778. The Kier molecular flexibility index (Phi) is 2.50. The zero-order valence-electron chi connectivity index (χ0n) is 6.72. The van der Waals surface area contributed by atoms with E-state index in [9.17, 15) is 0 Å². The van der Waals surface area contributed by atoms with Gasteiger partial charge in [-0.1, -0.05) is 19.4 Å². The lowest BCUT2D eigenvalue weighted by Gasteiger charge is -2.13. The van der Waals surface area contributed by atoms with Gasteiger partial charge < -0.3 is 5.73 Å². The first-order valence-corrected chi connectivity index (χ1v) is 4.12. The van der Waals surface area contributed by atoms with Gasteiger partial charge in [-0.3, -0.25) is 0 Å². The molecule has 1 fully saturated rings. The average molecular weight is 139 g/mol. The first-order valence-electron chi connectivity index (χ1n) is 4.12. The highest BCUT2D eigenvalue weighted by Gasteiger charge is 2.24. The van der Waals surface area contributed by atoms with Gasteiger partial charge in [0.15, 0.2) is 0 Å². The lowest BCUT2D eigenvalue weighted by atomic mass is 9.98. The summed E-state index contributed by atoms with van der Waals surface area (Å²) in [5, 5.41) is 0. The molecule has 0 aliphatic heterocycles. The van der Waals surface area contributed by atoms with Crippen molar-refractivity contribution < 1.29 is 0 Å². The van der Waals surface area contributed by atoms with Crippen molar-refractivity contribution in [2.75, 3.05) is 0 Å². The van der Waals surface area contributed by atoms with Gasteiger partial charge in [0.1, 0.15) is 0 Å². The van der Waals surface area contributed by atoms with Gasteiger partial charge >= 0.3 is 0 Å². The molecule has 3 unspecified atom stereocenters. The molecule has 0 amide bonds. The molecule has 58 valence electrons. The molecule has 3 atom stereocenters. The summed E-state index contributed by atoms with van der Waals surface area (Å²) in [7, 11) is 0. The molecule has 1 saturated carbocycles. The quantitative estimate of drug-likeness (QED) is 0.581. The van der Waals surface area contributed by atoms with Gasteiger partial charge in [0.2, 0.25) is 0 Å². The van der Waals surface area contributed by atoms with Crippen LogP contribution in [0.1, 0.15) is 26.2 Å². The van der Waals surface area contributed by atoms with Crippen LogP contribution in [0.25, 0.3) is 0 Å². The van der Waals surface area contributed by atoms with E-state index in [0.29, 0.717) is 5.92 Å². The van der Waals surface area contributed by atoms with E-state index in [1.54, 1.807) is 0 Å². The highest BCUT2D eigenvalue weighted by Crippen LogP contribution is 2.31. The zero-order chi connectivity index (χ0) is 7.56. The summed E-state index contributed by atoms with van der Waals surface area (Å²) in [5.41, 5.74) is 5.82. The molecule has 0 aromatic heterocycles. The van der Waals surface area contributed by atoms with Crippen molar-refractivity contribution in [3.05, 3.63) is 12.7 Å². The second-order valence-corrected chi connectivity index (χ2v) is 3.49. The molecular formula is C9H17N. The smallest absolute Gasteiger partial charge is 0.0249 e. The topological polar surface area (TPSA) is 26.0 Å². The van der Waals surface area contributed by atoms with Gasteiger partial charge in [-0.25, -0.2) is 0 Å². The summed E-state index contributed by atoms with van der Waals surface area (Å²) in [4.78, 5) is 0. The van der Waals surface area contributed by atoms with Crippen LogP contribution < -0.4 is 5.73 Å². The summed E-state index contributed by atoms with van der Waals surface area (Å²) >= 11 is 0. The van der Waals surface area contributed by atoms with Crippen molar-refractivity contribution in [1.29, 1.82) is 0 Å². The molecule has 1 aliphatic rings. The Bertz CT molecular complexity index is 120. The van der Waals surface area contributed by atoms with Crippen LogP contribution in [0.4, 0.5) is 0 Å². The SMILES string of the molecule is C=CC(N)C1CCC(C)C1. The third-order valence-corrected chi connectivity index (χ3v) is 2.55. The predicted molar refractivity (Wildman–Crippen MR) is 44.7 cm³/mol. The fourth-order valence-electron chi connectivity index (χ4n) is 1.79. The lowest BCUT2D eigenvalue weighted by molar-refractivity contribution is 0.469. The summed E-state index contributed by atoms with van der Waals surface area (Å²) < 4.78 is 0. The largest absolute Gasteiger partial charge is 0.324 e. The molecule has 1 heteroatoms. The van der Waals surface area contributed by atoms with Crippen LogP contribution in [0.2, 0.25) is 0 Å². The maximum Gasteiger partial charge on any atom is 0.0249 e. The second kappa shape index (κ2) is 3.20. The summed E-state index contributed by atoms with van der Waals surface area (Å²) in [6, 6.07) is 0.241. The summed E-state index contributed by atoms with van der Waals surface area (Å²) in [6.45, 7) is 6.01. The third kappa shape index (κ3) is 1.60. The van der Waals surface area contributed by atoms with E-state index >= 15 is 0 Å². The van der Waals surface area contributed by atoms with Crippen LogP contribution in [0.15, 0.2) is 12.7 Å². The van der Waals surface area contributed by atoms with Gasteiger partial charge in [-0.05, 0) is 24.7 Å². The molecule has 0 aromatic rings. The first kappa shape index (κ1) is 7.80. The summed E-state index contributed by atoms with van der Waals surface area (Å²) in [6.07, 6.45) is 5.83.